The predicted octanol–water partition coefficient (Wildman–Crippen LogP) is 4.01. The van der Waals surface area contributed by atoms with Crippen molar-refractivity contribution in [3.05, 3.63) is 69.2 Å². The summed E-state index contributed by atoms with van der Waals surface area (Å²) < 4.78 is 12.6. The first kappa shape index (κ1) is 19.5. The highest BCUT2D eigenvalue weighted by atomic mass is 35.5. The maximum atomic E-state index is 12.8. The first-order chi connectivity index (χ1) is 14.1. The van der Waals surface area contributed by atoms with Crippen LogP contribution in [0.3, 0.4) is 0 Å². The van der Waals surface area contributed by atoms with Crippen molar-refractivity contribution in [2.24, 2.45) is 0 Å². The number of nitrogens with zero attached hydrogens (tertiary/aromatic N) is 2. The number of fused-ring (bicyclic) bond motifs is 2. The van der Waals surface area contributed by atoms with Gasteiger partial charge in [-0.3, -0.25) is 9.36 Å². The van der Waals surface area contributed by atoms with Crippen molar-refractivity contribution in [1.29, 1.82) is 0 Å². The summed E-state index contributed by atoms with van der Waals surface area (Å²) in [6.45, 7) is 1.02. The van der Waals surface area contributed by atoms with Gasteiger partial charge in [0.25, 0.3) is 5.56 Å². The van der Waals surface area contributed by atoms with Gasteiger partial charge in [-0.15, -0.1) is 0 Å². The van der Waals surface area contributed by atoms with E-state index in [1.807, 2.05) is 0 Å². The van der Waals surface area contributed by atoms with Crippen molar-refractivity contribution >= 4 is 28.5 Å². The number of ether oxygens (including phenoxy) is 2. The third-order valence-corrected chi connectivity index (χ3v) is 5.17. The lowest BCUT2D eigenvalue weighted by Gasteiger charge is -2.11. The smallest absolute Gasteiger partial charge is 0.338 e. The highest BCUT2D eigenvalue weighted by Crippen LogP contribution is 2.18. The molecule has 7 heteroatoms. The Morgan fingerprint density at radius 3 is 2.86 bits per heavy atom. The van der Waals surface area contributed by atoms with Gasteiger partial charge in [0.05, 0.1) is 16.5 Å². The second kappa shape index (κ2) is 8.66. The lowest BCUT2D eigenvalue weighted by molar-refractivity contribution is 0.0450. The molecule has 4 rings (SSSR count). The molecule has 0 saturated carbocycles. The van der Waals surface area contributed by atoms with Gasteiger partial charge in [-0.1, -0.05) is 24.1 Å². The van der Waals surface area contributed by atoms with Crippen molar-refractivity contribution in [1.82, 2.24) is 9.55 Å². The summed E-state index contributed by atoms with van der Waals surface area (Å²) in [5, 5.41) is 1.11. The zero-order chi connectivity index (χ0) is 20.2. The van der Waals surface area contributed by atoms with Gasteiger partial charge in [0.1, 0.15) is 24.8 Å². The Morgan fingerprint density at radius 2 is 2.00 bits per heavy atom. The monoisotopic (exact) mass is 412 g/mol. The van der Waals surface area contributed by atoms with E-state index in [4.69, 9.17) is 21.1 Å². The average molecular weight is 413 g/mol. The van der Waals surface area contributed by atoms with E-state index in [2.05, 4.69) is 4.98 Å². The van der Waals surface area contributed by atoms with Crippen molar-refractivity contribution in [3.63, 3.8) is 0 Å². The van der Waals surface area contributed by atoms with Gasteiger partial charge >= 0.3 is 5.97 Å². The van der Waals surface area contributed by atoms with E-state index in [0.717, 1.165) is 31.5 Å². The molecule has 0 N–H and O–H groups in total. The van der Waals surface area contributed by atoms with Gasteiger partial charge in [0.15, 0.2) is 0 Å². The second-order valence-electron chi connectivity index (χ2n) is 6.97. The Kier molecular flexibility index (Phi) is 5.81. The maximum Gasteiger partial charge on any atom is 0.338 e. The fourth-order valence-corrected chi connectivity index (χ4v) is 3.66. The molecule has 1 aliphatic rings. The van der Waals surface area contributed by atoms with E-state index in [-0.39, 0.29) is 18.8 Å². The van der Waals surface area contributed by atoms with E-state index in [9.17, 15) is 9.59 Å². The molecule has 1 aromatic heterocycles. The van der Waals surface area contributed by atoms with E-state index in [1.54, 1.807) is 47.0 Å². The van der Waals surface area contributed by atoms with Crippen LogP contribution in [0.2, 0.25) is 5.02 Å². The Hall–Kier alpha value is -2.86. The van der Waals surface area contributed by atoms with Crippen molar-refractivity contribution in [2.75, 3.05) is 13.2 Å². The molecular weight excluding hydrogens is 392 g/mol. The van der Waals surface area contributed by atoms with Gasteiger partial charge in [-0.25, -0.2) is 9.78 Å². The van der Waals surface area contributed by atoms with Crippen LogP contribution in [-0.4, -0.2) is 28.7 Å². The molecule has 0 saturated heterocycles. The second-order valence-corrected chi connectivity index (χ2v) is 7.41. The highest BCUT2D eigenvalue weighted by molar-refractivity contribution is 6.30. The maximum absolute atomic E-state index is 12.8. The summed E-state index contributed by atoms with van der Waals surface area (Å²) in [4.78, 5) is 29.8. The molecule has 150 valence electrons. The first-order valence-electron chi connectivity index (χ1n) is 9.71. The topological polar surface area (TPSA) is 70.4 Å². The molecule has 0 bridgehead atoms. The minimum absolute atomic E-state index is 0.0401. The van der Waals surface area contributed by atoms with Crippen LogP contribution in [0, 0.1) is 0 Å². The summed E-state index contributed by atoms with van der Waals surface area (Å²) in [6.07, 6.45) is 3.88. The van der Waals surface area contributed by atoms with Crippen LogP contribution in [0.25, 0.3) is 10.9 Å². The molecule has 0 amide bonds. The summed E-state index contributed by atoms with van der Waals surface area (Å²) in [7, 11) is 0. The SMILES string of the molecule is O=C(OCCOc1cccc(Cl)c1)c1ccc2c(=O)n3c(nc2c1)CCCCC3. The van der Waals surface area contributed by atoms with Crippen LogP contribution in [0.15, 0.2) is 47.3 Å². The largest absolute Gasteiger partial charge is 0.490 e. The summed E-state index contributed by atoms with van der Waals surface area (Å²) >= 11 is 5.91. The normalized spacial score (nSPS) is 13.6. The van der Waals surface area contributed by atoms with Crippen LogP contribution in [0.1, 0.15) is 35.4 Å². The number of aryl methyl sites for hydroxylation is 1. The van der Waals surface area contributed by atoms with Crippen LogP contribution in [0.4, 0.5) is 0 Å². The van der Waals surface area contributed by atoms with Crippen LogP contribution >= 0.6 is 11.6 Å². The lowest BCUT2D eigenvalue weighted by Crippen LogP contribution is -2.24. The minimum Gasteiger partial charge on any atom is -0.490 e. The number of hydrogen-bond acceptors (Lipinski definition) is 5. The molecular formula is C22H21ClN2O4. The number of halogens is 1. The summed E-state index contributed by atoms with van der Waals surface area (Å²) in [6, 6.07) is 11.9. The molecule has 6 nitrogen and oxygen atoms in total. The average Bonchev–Trinajstić information content (AvgIpc) is 2.96. The molecule has 1 aliphatic heterocycles. The quantitative estimate of drug-likeness (QED) is 0.467. The van der Waals surface area contributed by atoms with Gasteiger partial charge in [-0.2, -0.15) is 0 Å². The third-order valence-electron chi connectivity index (χ3n) is 4.93. The molecule has 0 unspecified atom stereocenters. The number of rotatable bonds is 5. The van der Waals surface area contributed by atoms with Crippen LogP contribution in [-0.2, 0) is 17.7 Å². The van der Waals surface area contributed by atoms with Gasteiger partial charge < -0.3 is 9.47 Å². The van der Waals surface area contributed by atoms with E-state index < -0.39 is 5.97 Å². The molecule has 0 aliphatic carbocycles. The highest BCUT2D eigenvalue weighted by Gasteiger charge is 2.15. The number of carbonyl (C=O) groups excluding carboxylic acids is 1. The van der Waals surface area contributed by atoms with Gasteiger partial charge in [0.2, 0.25) is 0 Å². The number of esters is 1. The van der Waals surface area contributed by atoms with E-state index >= 15 is 0 Å². The Morgan fingerprint density at radius 1 is 1.10 bits per heavy atom. The van der Waals surface area contributed by atoms with Crippen LogP contribution < -0.4 is 10.3 Å². The van der Waals surface area contributed by atoms with E-state index in [0.29, 0.717) is 33.8 Å². The van der Waals surface area contributed by atoms with Gasteiger partial charge in [-0.05, 0) is 49.2 Å². The summed E-state index contributed by atoms with van der Waals surface area (Å²) in [5.74, 6) is 0.934. The molecule has 0 radical (unpaired) electrons. The molecule has 0 spiro atoms. The Balaban J connectivity index is 1.44. The first-order valence-corrected chi connectivity index (χ1v) is 10.1. The van der Waals surface area contributed by atoms with Crippen molar-refractivity contribution in [2.45, 2.75) is 32.2 Å². The Labute approximate surface area is 173 Å². The zero-order valence-corrected chi connectivity index (χ0v) is 16.7. The van der Waals surface area contributed by atoms with Gasteiger partial charge in [0, 0.05) is 18.0 Å². The fourth-order valence-electron chi connectivity index (χ4n) is 3.48. The summed E-state index contributed by atoms with van der Waals surface area (Å²) in [5.41, 5.74) is 0.861. The Bertz CT molecular complexity index is 1110. The molecule has 0 atom stereocenters. The lowest BCUT2D eigenvalue weighted by atomic mass is 10.1. The molecule has 2 aromatic carbocycles. The number of benzene rings is 2. The standard InChI is InChI=1S/C22H21ClN2O4/c23-16-5-4-6-17(14-16)28-11-12-29-22(27)15-8-9-18-19(13-15)24-20-7-2-1-3-10-25(20)21(18)26/h4-6,8-9,13-14H,1-3,7,10-12H2. The number of hydrogen-bond donors (Lipinski definition) is 0. The molecule has 0 fully saturated rings. The van der Waals surface area contributed by atoms with Crippen molar-refractivity contribution in [3.8, 4) is 5.75 Å². The zero-order valence-electron chi connectivity index (χ0n) is 15.9. The number of aromatic nitrogens is 2. The number of carbonyl (C=O) groups is 1. The third kappa shape index (κ3) is 4.43. The molecule has 2 heterocycles. The minimum atomic E-state index is -0.474. The molecule has 29 heavy (non-hydrogen) atoms. The fraction of sp³-hybridized carbons (Fsp3) is 0.318. The molecule has 3 aromatic rings. The predicted molar refractivity (Wildman–Crippen MR) is 111 cm³/mol. The van der Waals surface area contributed by atoms with E-state index in [1.165, 1.54) is 0 Å². The van der Waals surface area contributed by atoms with Crippen LogP contribution in [0.5, 0.6) is 5.75 Å². The van der Waals surface area contributed by atoms with Crippen molar-refractivity contribution < 1.29 is 14.3 Å².